The van der Waals surface area contributed by atoms with E-state index in [1.165, 1.54) is 12.1 Å². The van der Waals surface area contributed by atoms with Gasteiger partial charge >= 0.3 is 0 Å². The summed E-state index contributed by atoms with van der Waals surface area (Å²) in [4.78, 5) is 4.31. The van der Waals surface area contributed by atoms with Crippen LogP contribution in [0.3, 0.4) is 0 Å². The normalized spacial score (nSPS) is 12.5. The highest BCUT2D eigenvalue weighted by molar-refractivity contribution is 5.82. The van der Waals surface area contributed by atoms with Crippen LogP contribution in [0.5, 0.6) is 0 Å². The van der Waals surface area contributed by atoms with Gasteiger partial charge in [0.25, 0.3) is 0 Å². The molecule has 3 rings (SSSR count). The van der Waals surface area contributed by atoms with Crippen molar-refractivity contribution in [3.8, 4) is 0 Å². The summed E-state index contributed by atoms with van der Waals surface area (Å²) in [6, 6.07) is 12.8. The van der Waals surface area contributed by atoms with Crippen molar-refractivity contribution >= 4 is 10.9 Å². The van der Waals surface area contributed by atoms with Crippen molar-refractivity contribution in [1.82, 2.24) is 10.3 Å². The van der Waals surface area contributed by atoms with E-state index in [9.17, 15) is 8.78 Å². The Morgan fingerprint density at radius 3 is 2.48 bits per heavy atom. The minimum Gasteiger partial charge on any atom is -0.309 e. The van der Waals surface area contributed by atoms with Crippen molar-refractivity contribution in [3.63, 3.8) is 0 Å². The molecular weight excluding hydrogens is 270 g/mol. The molecule has 0 amide bonds. The third-order valence-electron chi connectivity index (χ3n) is 3.50. The van der Waals surface area contributed by atoms with Crippen LogP contribution in [-0.2, 0) is 0 Å². The van der Waals surface area contributed by atoms with Crippen LogP contribution in [0.15, 0.2) is 54.7 Å². The highest BCUT2D eigenvalue weighted by atomic mass is 19.1. The Hall–Kier alpha value is -2.33. The van der Waals surface area contributed by atoms with Gasteiger partial charge in [-0.1, -0.05) is 18.2 Å². The van der Waals surface area contributed by atoms with Gasteiger partial charge in [0.05, 0.1) is 11.6 Å². The summed E-state index contributed by atoms with van der Waals surface area (Å²) in [6.45, 7) is 0. The average molecular weight is 284 g/mol. The van der Waals surface area contributed by atoms with Crippen LogP contribution in [0.2, 0.25) is 0 Å². The van der Waals surface area contributed by atoms with E-state index in [2.05, 4.69) is 10.3 Å². The molecule has 1 N–H and O–H groups in total. The minimum absolute atomic E-state index is 0.303. The molecule has 0 aliphatic rings. The number of hydrogen-bond acceptors (Lipinski definition) is 2. The summed E-state index contributed by atoms with van der Waals surface area (Å²) in [5, 5.41) is 4.08. The fraction of sp³-hybridized carbons (Fsp3) is 0.118. The van der Waals surface area contributed by atoms with E-state index in [0.717, 1.165) is 22.5 Å². The lowest BCUT2D eigenvalue weighted by Crippen LogP contribution is -2.18. The monoisotopic (exact) mass is 284 g/mol. The lowest BCUT2D eigenvalue weighted by molar-refractivity contribution is 0.572. The maximum absolute atomic E-state index is 13.5. The van der Waals surface area contributed by atoms with Crippen LogP contribution in [0.1, 0.15) is 17.2 Å². The highest BCUT2D eigenvalue weighted by Crippen LogP contribution is 2.28. The average Bonchev–Trinajstić information content (AvgIpc) is 2.47. The molecule has 0 aliphatic heterocycles. The Morgan fingerprint density at radius 1 is 1.00 bits per heavy atom. The molecule has 0 saturated heterocycles. The molecule has 0 bridgehead atoms. The van der Waals surface area contributed by atoms with Gasteiger partial charge < -0.3 is 5.32 Å². The van der Waals surface area contributed by atoms with Crippen molar-refractivity contribution in [3.05, 3.63) is 77.5 Å². The molecule has 0 aliphatic carbocycles. The molecule has 0 saturated carbocycles. The molecule has 3 aromatic rings. The molecule has 1 heterocycles. The Bertz CT molecular complexity index is 761. The number of nitrogens with one attached hydrogen (secondary N) is 1. The molecule has 0 radical (unpaired) electrons. The van der Waals surface area contributed by atoms with Crippen LogP contribution in [0, 0.1) is 11.6 Å². The highest BCUT2D eigenvalue weighted by Gasteiger charge is 2.16. The van der Waals surface area contributed by atoms with Crippen molar-refractivity contribution in [2.75, 3.05) is 7.05 Å². The summed E-state index contributed by atoms with van der Waals surface area (Å²) in [5.74, 6) is -1.16. The summed E-state index contributed by atoms with van der Waals surface area (Å²) in [5.41, 5.74) is 2.34. The zero-order chi connectivity index (χ0) is 14.8. The van der Waals surface area contributed by atoms with Crippen molar-refractivity contribution < 1.29 is 8.78 Å². The van der Waals surface area contributed by atoms with Crippen molar-refractivity contribution in [2.24, 2.45) is 0 Å². The Morgan fingerprint density at radius 2 is 1.76 bits per heavy atom. The van der Waals surface area contributed by atoms with Crippen LogP contribution < -0.4 is 5.32 Å². The number of halogens is 2. The standard InChI is InChI=1S/C17H14F2N2/c1-20-17(11-8-12(18)10-13(19)9-11)15-4-2-6-16-14(15)5-3-7-21-16/h2-10,17,20H,1H3. The number of fused-ring (bicyclic) bond motifs is 1. The minimum atomic E-state index is -0.580. The molecule has 2 nitrogen and oxygen atoms in total. The van der Waals surface area contributed by atoms with Gasteiger partial charge in [-0.15, -0.1) is 0 Å². The van der Waals surface area contributed by atoms with E-state index in [-0.39, 0.29) is 6.04 Å². The number of benzene rings is 2. The summed E-state index contributed by atoms with van der Waals surface area (Å²) in [7, 11) is 1.77. The number of aromatic nitrogens is 1. The van der Waals surface area contributed by atoms with Gasteiger partial charge in [0.15, 0.2) is 0 Å². The smallest absolute Gasteiger partial charge is 0.126 e. The first-order chi connectivity index (χ1) is 10.2. The van der Waals surface area contributed by atoms with Crippen molar-refractivity contribution in [1.29, 1.82) is 0 Å². The SMILES string of the molecule is CNC(c1cc(F)cc(F)c1)c1cccc2ncccc12. The Labute approximate surface area is 121 Å². The Kier molecular flexibility index (Phi) is 3.62. The lowest BCUT2D eigenvalue weighted by atomic mass is 9.95. The summed E-state index contributed by atoms with van der Waals surface area (Å²) < 4.78 is 26.9. The lowest BCUT2D eigenvalue weighted by Gasteiger charge is -2.19. The zero-order valence-corrected chi connectivity index (χ0v) is 11.5. The summed E-state index contributed by atoms with van der Waals surface area (Å²) in [6.07, 6.45) is 1.72. The molecule has 1 unspecified atom stereocenters. The molecule has 0 spiro atoms. The molecular formula is C17H14F2N2. The third kappa shape index (κ3) is 2.62. The quantitative estimate of drug-likeness (QED) is 0.791. The molecule has 1 atom stereocenters. The van der Waals surface area contributed by atoms with Gasteiger partial charge in [-0.05, 0) is 42.4 Å². The fourth-order valence-electron chi connectivity index (χ4n) is 2.62. The predicted octanol–water partition coefficient (Wildman–Crippen LogP) is 3.82. The second-order valence-corrected chi connectivity index (χ2v) is 4.84. The number of pyridine rings is 1. The second kappa shape index (κ2) is 5.58. The first kappa shape index (κ1) is 13.6. The van der Waals surface area contributed by atoms with Gasteiger partial charge in [0, 0.05) is 17.6 Å². The van der Waals surface area contributed by atoms with Crippen LogP contribution in [-0.4, -0.2) is 12.0 Å². The molecule has 21 heavy (non-hydrogen) atoms. The fourth-order valence-corrected chi connectivity index (χ4v) is 2.62. The Balaban J connectivity index is 2.18. The van der Waals surface area contributed by atoms with E-state index in [4.69, 9.17) is 0 Å². The topological polar surface area (TPSA) is 24.9 Å². The van der Waals surface area contributed by atoms with Crippen LogP contribution in [0.25, 0.3) is 10.9 Å². The van der Waals surface area contributed by atoms with Crippen LogP contribution >= 0.6 is 0 Å². The van der Waals surface area contributed by atoms with Crippen molar-refractivity contribution in [2.45, 2.75) is 6.04 Å². The van der Waals surface area contributed by atoms with E-state index in [0.29, 0.717) is 5.56 Å². The van der Waals surface area contributed by atoms with Gasteiger partial charge in [-0.2, -0.15) is 0 Å². The first-order valence-electron chi connectivity index (χ1n) is 6.66. The van der Waals surface area contributed by atoms with Gasteiger partial charge in [0.2, 0.25) is 0 Å². The number of hydrogen-bond donors (Lipinski definition) is 1. The molecule has 4 heteroatoms. The van der Waals surface area contributed by atoms with E-state index >= 15 is 0 Å². The van der Waals surface area contributed by atoms with Gasteiger partial charge in [-0.3, -0.25) is 4.98 Å². The molecule has 1 aromatic heterocycles. The van der Waals surface area contributed by atoms with Gasteiger partial charge in [0.1, 0.15) is 11.6 Å². The molecule has 0 fully saturated rings. The summed E-state index contributed by atoms with van der Waals surface area (Å²) >= 11 is 0. The second-order valence-electron chi connectivity index (χ2n) is 4.84. The van der Waals surface area contributed by atoms with E-state index < -0.39 is 11.6 Å². The molecule has 106 valence electrons. The first-order valence-corrected chi connectivity index (χ1v) is 6.66. The maximum atomic E-state index is 13.5. The maximum Gasteiger partial charge on any atom is 0.126 e. The van der Waals surface area contributed by atoms with E-state index in [1.807, 2.05) is 30.3 Å². The van der Waals surface area contributed by atoms with Gasteiger partial charge in [-0.25, -0.2) is 8.78 Å². The largest absolute Gasteiger partial charge is 0.309 e. The van der Waals surface area contributed by atoms with E-state index in [1.54, 1.807) is 13.2 Å². The number of nitrogens with zero attached hydrogens (tertiary/aromatic N) is 1. The third-order valence-corrected chi connectivity index (χ3v) is 3.50. The van der Waals surface area contributed by atoms with Crippen LogP contribution in [0.4, 0.5) is 8.78 Å². The predicted molar refractivity (Wildman–Crippen MR) is 79.0 cm³/mol. The zero-order valence-electron chi connectivity index (χ0n) is 11.5. The number of rotatable bonds is 3. The molecule has 2 aromatic carbocycles.